The zero-order valence-corrected chi connectivity index (χ0v) is 13.3. The predicted octanol–water partition coefficient (Wildman–Crippen LogP) is 2.27. The molecule has 2 fully saturated rings. The average molecular weight is 308 g/mol. The Morgan fingerprint density at radius 2 is 2.10 bits per heavy atom. The van der Waals surface area contributed by atoms with E-state index in [4.69, 9.17) is 0 Å². The summed E-state index contributed by atoms with van der Waals surface area (Å²) in [6.07, 6.45) is 0.0515. The van der Waals surface area contributed by atoms with Crippen LogP contribution in [0.4, 0.5) is 0 Å². The molecule has 2 heterocycles. The molecule has 0 saturated carbocycles. The van der Waals surface area contributed by atoms with Crippen LogP contribution in [0.3, 0.4) is 0 Å². The fourth-order valence-electron chi connectivity index (χ4n) is 2.65. The number of thioether (sulfide) groups is 2. The van der Waals surface area contributed by atoms with Gasteiger partial charge in [0, 0.05) is 29.1 Å². The molecular weight excluding hydrogens is 288 g/mol. The Balaban J connectivity index is 1.72. The van der Waals surface area contributed by atoms with Gasteiger partial charge in [-0.3, -0.25) is 10.1 Å². The molecular formula is C15H20N2OS2. The topological polar surface area (TPSA) is 32.3 Å². The number of carbonyl (C=O) groups is 1. The third-order valence-corrected chi connectivity index (χ3v) is 6.58. The lowest BCUT2D eigenvalue weighted by molar-refractivity contribution is -0.128. The molecule has 0 radical (unpaired) electrons. The smallest absolute Gasteiger partial charge is 0.238 e. The van der Waals surface area contributed by atoms with E-state index in [0.717, 1.165) is 12.3 Å². The van der Waals surface area contributed by atoms with E-state index in [9.17, 15) is 4.79 Å². The molecule has 1 aromatic carbocycles. The second-order valence-electron chi connectivity index (χ2n) is 5.31. The molecule has 3 rings (SSSR count). The maximum atomic E-state index is 12.1. The number of hydrogen-bond donors (Lipinski definition) is 1. The van der Waals surface area contributed by atoms with E-state index in [1.807, 2.05) is 28.4 Å². The van der Waals surface area contributed by atoms with E-state index in [1.54, 1.807) is 0 Å². The summed E-state index contributed by atoms with van der Waals surface area (Å²) in [5.41, 5.74) is 2.44. The lowest BCUT2D eigenvalue weighted by atomic mass is 10.1. The molecule has 2 atom stereocenters. The van der Waals surface area contributed by atoms with Gasteiger partial charge in [-0.25, -0.2) is 0 Å². The van der Waals surface area contributed by atoms with Crippen LogP contribution in [-0.4, -0.2) is 46.4 Å². The molecule has 0 spiro atoms. The van der Waals surface area contributed by atoms with Crippen molar-refractivity contribution in [1.82, 2.24) is 10.2 Å². The molecule has 5 heteroatoms. The minimum atomic E-state index is 0.0515. The standard InChI is InChI=1S/C15H20N2OS2/c1-11-2-4-12(5-3-11)15-16-8-14(18)17(15)9-13-10-19-6-7-20-13/h2-5,13,15-16H,6-10H2,1H3. The van der Waals surface area contributed by atoms with Gasteiger partial charge in [0.25, 0.3) is 0 Å². The number of nitrogens with zero attached hydrogens (tertiary/aromatic N) is 1. The van der Waals surface area contributed by atoms with E-state index in [0.29, 0.717) is 11.8 Å². The molecule has 1 N–H and O–H groups in total. The number of nitrogens with one attached hydrogen (secondary N) is 1. The van der Waals surface area contributed by atoms with Crippen LogP contribution < -0.4 is 5.32 Å². The molecule has 0 aromatic heterocycles. The van der Waals surface area contributed by atoms with Gasteiger partial charge in [0.15, 0.2) is 0 Å². The minimum Gasteiger partial charge on any atom is -0.321 e. The lowest BCUT2D eigenvalue weighted by Gasteiger charge is -2.30. The number of rotatable bonds is 3. The molecule has 20 heavy (non-hydrogen) atoms. The van der Waals surface area contributed by atoms with Crippen LogP contribution in [0, 0.1) is 6.92 Å². The number of hydrogen-bond acceptors (Lipinski definition) is 4. The van der Waals surface area contributed by atoms with Crippen molar-refractivity contribution in [3.63, 3.8) is 0 Å². The number of amides is 1. The highest BCUT2D eigenvalue weighted by atomic mass is 32.2. The van der Waals surface area contributed by atoms with Gasteiger partial charge in [0.05, 0.1) is 6.54 Å². The molecule has 1 amide bonds. The predicted molar refractivity (Wildman–Crippen MR) is 87.2 cm³/mol. The molecule has 2 saturated heterocycles. The van der Waals surface area contributed by atoms with Crippen molar-refractivity contribution < 1.29 is 4.79 Å². The van der Waals surface area contributed by atoms with Crippen molar-refractivity contribution in [2.45, 2.75) is 18.3 Å². The Morgan fingerprint density at radius 3 is 2.80 bits per heavy atom. The third kappa shape index (κ3) is 3.15. The van der Waals surface area contributed by atoms with Gasteiger partial charge >= 0.3 is 0 Å². The van der Waals surface area contributed by atoms with Gasteiger partial charge in [0.2, 0.25) is 5.91 Å². The first-order valence-electron chi connectivity index (χ1n) is 7.03. The Hall–Kier alpha value is -0.650. The first kappa shape index (κ1) is 14.3. The van der Waals surface area contributed by atoms with Crippen LogP contribution in [0.15, 0.2) is 24.3 Å². The molecule has 2 unspecified atom stereocenters. The molecule has 108 valence electrons. The van der Waals surface area contributed by atoms with E-state index >= 15 is 0 Å². The van der Waals surface area contributed by atoms with E-state index in [2.05, 4.69) is 36.5 Å². The monoisotopic (exact) mass is 308 g/mol. The van der Waals surface area contributed by atoms with Crippen molar-refractivity contribution in [2.75, 3.05) is 30.3 Å². The fourth-order valence-corrected chi connectivity index (χ4v) is 5.32. The maximum Gasteiger partial charge on any atom is 0.238 e. The molecule has 2 aliphatic heterocycles. The average Bonchev–Trinajstić information content (AvgIpc) is 2.83. The summed E-state index contributed by atoms with van der Waals surface area (Å²) < 4.78 is 0. The van der Waals surface area contributed by atoms with E-state index in [-0.39, 0.29) is 12.1 Å². The normalized spacial score (nSPS) is 27.1. The first-order valence-corrected chi connectivity index (χ1v) is 9.23. The van der Waals surface area contributed by atoms with Crippen molar-refractivity contribution in [1.29, 1.82) is 0 Å². The number of benzene rings is 1. The van der Waals surface area contributed by atoms with E-state index in [1.165, 1.54) is 22.6 Å². The van der Waals surface area contributed by atoms with Crippen LogP contribution in [0.2, 0.25) is 0 Å². The highest BCUT2D eigenvalue weighted by molar-refractivity contribution is 8.06. The van der Waals surface area contributed by atoms with Crippen LogP contribution in [-0.2, 0) is 4.79 Å². The second-order valence-corrected chi connectivity index (χ2v) is 7.87. The van der Waals surface area contributed by atoms with Crippen LogP contribution in [0.25, 0.3) is 0 Å². The zero-order chi connectivity index (χ0) is 13.9. The van der Waals surface area contributed by atoms with Crippen molar-refractivity contribution >= 4 is 29.4 Å². The summed E-state index contributed by atoms with van der Waals surface area (Å²) in [5.74, 6) is 3.84. The van der Waals surface area contributed by atoms with Gasteiger partial charge in [0.1, 0.15) is 6.17 Å². The highest BCUT2D eigenvalue weighted by Crippen LogP contribution is 2.29. The Labute approximate surface area is 128 Å². The third-order valence-electron chi connectivity index (χ3n) is 3.76. The van der Waals surface area contributed by atoms with Gasteiger partial charge in [-0.2, -0.15) is 23.5 Å². The Kier molecular flexibility index (Phi) is 4.58. The number of carbonyl (C=O) groups excluding carboxylic acids is 1. The largest absolute Gasteiger partial charge is 0.321 e. The van der Waals surface area contributed by atoms with Crippen molar-refractivity contribution in [3.05, 3.63) is 35.4 Å². The van der Waals surface area contributed by atoms with Gasteiger partial charge in [-0.05, 0) is 12.5 Å². The summed E-state index contributed by atoms with van der Waals surface area (Å²) >= 11 is 4.02. The zero-order valence-electron chi connectivity index (χ0n) is 11.7. The van der Waals surface area contributed by atoms with E-state index < -0.39 is 0 Å². The quantitative estimate of drug-likeness (QED) is 0.928. The Morgan fingerprint density at radius 1 is 1.30 bits per heavy atom. The summed E-state index contributed by atoms with van der Waals surface area (Å²) in [4.78, 5) is 14.2. The summed E-state index contributed by atoms with van der Waals surface area (Å²) in [7, 11) is 0. The summed E-state index contributed by atoms with van der Waals surface area (Å²) in [5, 5.41) is 3.92. The van der Waals surface area contributed by atoms with Gasteiger partial charge in [-0.15, -0.1) is 0 Å². The minimum absolute atomic E-state index is 0.0515. The summed E-state index contributed by atoms with van der Waals surface area (Å²) in [6.45, 7) is 3.41. The van der Waals surface area contributed by atoms with Gasteiger partial charge < -0.3 is 4.90 Å². The van der Waals surface area contributed by atoms with Gasteiger partial charge in [-0.1, -0.05) is 29.8 Å². The van der Waals surface area contributed by atoms with Crippen LogP contribution in [0.1, 0.15) is 17.3 Å². The SMILES string of the molecule is Cc1ccc(C2NCC(=O)N2CC2CSCCS2)cc1. The first-order chi connectivity index (χ1) is 9.74. The fraction of sp³-hybridized carbons (Fsp3) is 0.533. The molecule has 0 bridgehead atoms. The lowest BCUT2D eigenvalue weighted by Crippen LogP contribution is -2.37. The maximum absolute atomic E-state index is 12.1. The molecule has 1 aromatic rings. The second kappa shape index (κ2) is 6.41. The number of aryl methyl sites for hydroxylation is 1. The highest BCUT2D eigenvalue weighted by Gasteiger charge is 2.33. The molecule has 2 aliphatic rings. The van der Waals surface area contributed by atoms with Crippen LogP contribution >= 0.6 is 23.5 Å². The summed E-state index contributed by atoms with van der Waals surface area (Å²) in [6, 6.07) is 8.48. The Bertz CT molecular complexity index is 471. The van der Waals surface area contributed by atoms with Crippen LogP contribution in [0.5, 0.6) is 0 Å². The van der Waals surface area contributed by atoms with Crippen molar-refractivity contribution in [3.8, 4) is 0 Å². The van der Waals surface area contributed by atoms with Crippen molar-refractivity contribution in [2.24, 2.45) is 0 Å². The molecule has 3 nitrogen and oxygen atoms in total. The molecule has 0 aliphatic carbocycles.